The number of hydrogen-bond donors (Lipinski definition) is 7. The van der Waals surface area contributed by atoms with Crippen molar-refractivity contribution in [1.82, 2.24) is 16.0 Å². The van der Waals surface area contributed by atoms with Crippen molar-refractivity contribution in [3.8, 4) is 0 Å². The maximum Gasteiger partial charge on any atom is 0.324 e. The number of aliphatic hydroxyl groups is 3. The topological polar surface area (TPSA) is 189 Å². The van der Waals surface area contributed by atoms with E-state index in [0.717, 1.165) is 51.5 Å². The summed E-state index contributed by atoms with van der Waals surface area (Å²) in [6, 6.07) is -1.47. The van der Waals surface area contributed by atoms with Crippen LogP contribution in [0.1, 0.15) is 58.3 Å². The van der Waals surface area contributed by atoms with E-state index in [1.54, 1.807) is 7.11 Å². The van der Waals surface area contributed by atoms with E-state index in [-0.39, 0.29) is 19.1 Å². The van der Waals surface area contributed by atoms with Crippen molar-refractivity contribution in [2.24, 2.45) is 5.92 Å². The molecule has 7 N–H and O–H groups in total. The first-order chi connectivity index (χ1) is 21.4. The zero-order valence-electron chi connectivity index (χ0n) is 26.4. The van der Waals surface area contributed by atoms with E-state index < -0.39 is 68.1 Å². The molecular weight excluding hydrogens is 648 g/mol. The summed E-state index contributed by atoms with van der Waals surface area (Å²) in [5, 5.41) is 39.3. The summed E-state index contributed by atoms with van der Waals surface area (Å²) in [4.78, 5) is 21.7. The third kappa shape index (κ3) is 14.2. The monoisotopic (exact) mass is 699 g/mol. The molecule has 2 unspecified atom stereocenters. The van der Waals surface area contributed by atoms with Crippen molar-refractivity contribution in [3.63, 3.8) is 0 Å². The van der Waals surface area contributed by atoms with Gasteiger partial charge >= 0.3 is 6.72 Å². The Balaban J connectivity index is 1.54. The van der Waals surface area contributed by atoms with Crippen LogP contribution in [0, 0.1) is 5.92 Å². The number of hydrogen-bond acceptors (Lipinski definition) is 12. The first kappa shape index (κ1) is 40.6. The summed E-state index contributed by atoms with van der Waals surface area (Å²) in [6.07, 6.45) is 1.62. The second kappa shape index (κ2) is 21.4. The lowest BCUT2D eigenvalue weighted by Crippen LogP contribution is -2.64. The zero-order valence-corrected chi connectivity index (χ0v) is 28.9. The van der Waals surface area contributed by atoms with Gasteiger partial charge in [-0.15, -0.1) is 0 Å². The fourth-order valence-electron chi connectivity index (χ4n) is 5.35. The number of methoxy groups -OCH3 is 1. The van der Waals surface area contributed by atoms with E-state index in [1.807, 2.05) is 0 Å². The number of rotatable bonds is 21. The van der Waals surface area contributed by atoms with Crippen LogP contribution in [0.15, 0.2) is 0 Å². The van der Waals surface area contributed by atoms with Gasteiger partial charge in [-0.2, -0.15) is 0 Å². The molecule has 18 heteroatoms. The molecule has 0 aliphatic carbocycles. The van der Waals surface area contributed by atoms with E-state index >= 15 is 0 Å². The van der Waals surface area contributed by atoms with Crippen LogP contribution in [0.2, 0.25) is 0 Å². The minimum atomic E-state index is -3.37. The zero-order chi connectivity index (χ0) is 33.4. The number of thiocarbonyl (C=S) groups is 1. The smallest absolute Gasteiger partial charge is 0.324 e. The van der Waals surface area contributed by atoms with Crippen LogP contribution in [0.25, 0.3) is 0 Å². The first-order valence-corrected chi connectivity index (χ1v) is 18.4. The second-order valence-corrected chi connectivity index (χ2v) is 14.5. The Hall–Kier alpha value is -0.525. The molecule has 0 aromatic heterocycles. The van der Waals surface area contributed by atoms with E-state index in [2.05, 4.69) is 16.0 Å². The highest BCUT2D eigenvalue weighted by Gasteiger charge is 2.46. The molecule has 0 spiro atoms. The Kier molecular flexibility index (Phi) is 19.4. The van der Waals surface area contributed by atoms with Gasteiger partial charge in [0.2, 0.25) is 5.91 Å². The van der Waals surface area contributed by atoms with Crippen molar-refractivity contribution in [2.75, 3.05) is 47.1 Å². The third-order valence-electron chi connectivity index (χ3n) is 7.75. The van der Waals surface area contributed by atoms with E-state index in [9.17, 15) is 25.0 Å². The van der Waals surface area contributed by atoms with Gasteiger partial charge in [-0.25, -0.2) is 0 Å². The average Bonchev–Trinajstić information content (AvgIpc) is 3.27. The molecule has 0 saturated carbocycles. The molecule has 45 heavy (non-hydrogen) atoms. The quantitative estimate of drug-likeness (QED) is 0.0365. The molecule has 2 aliphatic rings. The van der Waals surface area contributed by atoms with Crippen molar-refractivity contribution < 1.29 is 53.0 Å². The molecule has 2 heterocycles. The van der Waals surface area contributed by atoms with Gasteiger partial charge in [0.1, 0.15) is 44.4 Å². The molecule has 1 amide bonds. The summed E-state index contributed by atoms with van der Waals surface area (Å²) in [7, 11) is 9.10. The average molecular weight is 700 g/mol. The van der Waals surface area contributed by atoms with Crippen LogP contribution in [0.4, 0.5) is 0 Å². The maximum atomic E-state index is 11.5. The normalized spacial score (nSPS) is 31.3. The van der Waals surface area contributed by atoms with Gasteiger partial charge in [0, 0.05) is 52.8 Å². The van der Waals surface area contributed by atoms with E-state index in [0.29, 0.717) is 18.1 Å². The fraction of sp³-hybridized carbons (Fsp3) is 0.926. The van der Waals surface area contributed by atoms with Crippen LogP contribution in [0.3, 0.4) is 0 Å². The predicted molar refractivity (Wildman–Crippen MR) is 175 cm³/mol. The highest BCUT2D eigenvalue weighted by atomic mass is 32.5. The standard InChI is InChI=1S/C27H51BN3O11PS2/c1-17(33)31-21-23(35)22(34)19(15-32)41-26(21)39-14-10-9-13-30-27(44)29-12-8-6-4-5-7-11-18-24(42-43(36,45)38-3)20(16-37-2)40-25(18)28/h18-26,32,34-35H,4-16H2,1-3H3,(H,31,33)(H,36,45)(H2,29,30,44)/t18?,19-,20-,21-,22+,23-,24-,25-,26-,43?/m1/s1. The van der Waals surface area contributed by atoms with Gasteiger partial charge < -0.3 is 64.2 Å². The number of ether oxygens (including phenoxy) is 4. The van der Waals surface area contributed by atoms with Crippen LogP contribution in [-0.2, 0) is 44.6 Å². The molecule has 2 rings (SSSR count). The van der Waals surface area contributed by atoms with Gasteiger partial charge in [0.05, 0.1) is 13.2 Å². The summed E-state index contributed by atoms with van der Waals surface area (Å²) >= 11 is 10.4. The maximum absolute atomic E-state index is 11.5. The second-order valence-electron chi connectivity index (χ2n) is 11.2. The molecule has 14 nitrogen and oxygen atoms in total. The van der Waals surface area contributed by atoms with Gasteiger partial charge in [0.15, 0.2) is 11.4 Å². The fourth-order valence-corrected chi connectivity index (χ4v) is 6.54. The van der Waals surface area contributed by atoms with E-state index in [1.165, 1.54) is 14.0 Å². The Morgan fingerprint density at radius 3 is 2.24 bits per heavy atom. The van der Waals surface area contributed by atoms with Gasteiger partial charge in [0.25, 0.3) is 0 Å². The Bertz CT molecular complexity index is 933. The van der Waals surface area contributed by atoms with Crippen LogP contribution in [-0.4, -0.2) is 135 Å². The third-order valence-corrected chi connectivity index (χ3v) is 9.71. The molecule has 2 aliphatic heterocycles. The van der Waals surface area contributed by atoms with E-state index in [4.69, 9.17) is 59.9 Å². The number of unbranched alkanes of at least 4 members (excludes halogenated alkanes) is 5. The highest BCUT2D eigenvalue weighted by Crippen LogP contribution is 2.48. The lowest BCUT2D eigenvalue weighted by atomic mass is 9.81. The lowest BCUT2D eigenvalue weighted by molar-refractivity contribution is -0.270. The van der Waals surface area contributed by atoms with Crippen LogP contribution in [0.5, 0.6) is 0 Å². The number of carbonyl (C=O) groups excluding carboxylic acids is 1. The molecule has 2 fully saturated rings. The molecule has 260 valence electrons. The van der Waals surface area contributed by atoms with Crippen molar-refractivity contribution in [3.05, 3.63) is 0 Å². The molecule has 0 aromatic rings. The molecular formula is C27H51BN3O11PS2. The summed E-state index contributed by atoms with van der Waals surface area (Å²) in [5.41, 5.74) is 0. The number of aliphatic hydroxyl groups excluding tert-OH is 3. The Labute approximate surface area is 278 Å². The van der Waals surface area contributed by atoms with Crippen LogP contribution >= 0.6 is 18.9 Å². The van der Waals surface area contributed by atoms with Gasteiger partial charge in [-0.1, -0.05) is 25.7 Å². The largest absolute Gasteiger partial charge is 0.394 e. The Morgan fingerprint density at radius 1 is 0.978 bits per heavy atom. The molecule has 0 aromatic carbocycles. The molecule has 0 bridgehead atoms. The lowest BCUT2D eigenvalue weighted by Gasteiger charge is -2.42. The van der Waals surface area contributed by atoms with Crippen molar-refractivity contribution in [2.45, 2.75) is 107 Å². The number of amides is 1. The minimum Gasteiger partial charge on any atom is -0.394 e. The number of nitrogens with one attached hydrogen (secondary N) is 3. The van der Waals surface area contributed by atoms with Crippen molar-refractivity contribution >= 4 is 49.6 Å². The molecule has 2 radical (unpaired) electrons. The Morgan fingerprint density at radius 2 is 1.62 bits per heavy atom. The SMILES string of the molecule is [B][C@@H]1O[C@H](COC)[C@H](OP(O)(=S)OC)C1CCCCCCCNC(=S)NCCCCO[C@@H]1O[C@H](CO)[C@H](O)[C@H](O)[C@H]1NC(C)=O. The first-order valence-electron chi connectivity index (χ1n) is 15.4. The van der Waals surface area contributed by atoms with Gasteiger partial charge in [-0.3, -0.25) is 4.79 Å². The van der Waals surface area contributed by atoms with Crippen LogP contribution < -0.4 is 16.0 Å². The minimum absolute atomic E-state index is 0.117. The molecule has 10 atom stereocenters. The summed E-state index contributed by atoms with van der Waals surface area (Å²) in [5.74, 6) is -0.515. The summed E-state index contributed by atoms with van der Waals surface area (Å²) < 4.78 is 33.0. The highest BCUT2D eigenvalue weighted by molar-refractivity contribution is 8.07. The molecule has 2 saturated heterocycles. The van der Waals surface area contributed by atoms with Crippen molar-refractivity contribution in [1.29, 1.82) is 0 Å². The summed E-state index contributed by atoms with van der Waals surface area (Å²) in [6.45, 7) is -0.600. The number of carbonyl (C=O) groups is 1. The van der Waals surface area contributed by atoms with Gasteiger partial charge in [-0.05, 0) is 49.7 Å². The predicted octanol–water partition coefficient (Wildman–Crippen LogP) is -0.0640.